The van der Waals surface area contributed by atoms with Gasteiger partial charge in [-0.25, -0.2) is 14.6 Å². The number of oxazole rings is 1. The lowest BCUT2D eigenvalue weighted by Crippen LogP contribution is -2.45. The van der Waals surface area contributed by atoms with Gasteiger partial charge in [0, 0.05) is 41.0 Å². The van der Waals surface area contributed by atoms with E-state index in [-0.39, 0.29) is 25.2 Å². The molecule has 5 aromatic carbocycles. The van der Waals surface area contributed by atoms with Crippen molar-refractivity contribution in [2.24, 2.45) is 0 Å². The fourth-order valence-corrected chi connectivity index (χ4v) is 7.24. The number of nitrogens with one attached hydrogen (secondary N) is 2. The lowest BCUT2D eigenvalue weighted by molar-refractivity contribution is -0.245. The predicted molar refractivity (Wildman–Crippen MR) is 211 cm³/mol. The molecular formula is C44H41N3O7S. The second kappa shape index (κ2) is 18.1. The Labute approximate surface area is 323 Å². The topological polar surface area (TPSA) is 132 Å². The molecule has 1 fully saturated rings. The van der Waals surface area contributed by atoms with E-state index in [4.69, 9.17) is 23.6 Å². The fourth-order valence-electron chi connectivity index (χ4n) is 6.40. The molecule has 6 aromatic rings. The maximum atomic E-state index is 13.2. The van der Waals surface area contributed by atoms with E-state index >= 15 is 0 Å². The molecule has 280 valence electrons. The number of aliphatic hydroxyl groups excluding tert-OH is 1. The number of aliphatic hydroxyl groups is 1. The molecule has 4 atom stereocenters. The van der Waals surface area contributed by atoms with Crippen LogP contribution in [-0.2, 0) is 32.0 Å². The molecule has 0 radical (unpaired) electrons. The third-order valence-corrected chi connectivity index (χ3v) is 10.1. The Kier molecular flexibility index (Phi) is 12.4. The number of amides is 2. The molecule has 2 heterocycles. The van der Waals surface area contributed by atoms with E-state index in [9.17, 15) is 14.7 Å². The Morgan fingerprint density at radius 1 is 0.818 bits per heavy atom. The number of methoxy groups -OCH3 is 1. The highest BCUT2D eigenvalue weighted by Crippen LogP contribution is 2.41. The Bertz CT molecular complexity index is 2110. The van der Waals surface area contributed by atoms with Crippen LogP contribution in [0.1, 0.15) is 41.1 Å². The third-order valence-electron chi connectivity index (χ3n) is 9.19. The minimum absolute atomic E-state index is 0.0527. The number of hydrogen-bond donors (Lipinski definition) is 3. The van der Waals surface area contributed by atoms with E-state index < -0.39 is 24.3 Å². The zero-order valence-electron chi connectivity index (χ0n) is 30.2. The van der Waals surface area contributed by atoms with Crippen LogP contribution in [0.2, 0.25) is 0 Å². The second-order valence-corrected chi connectivity index (χ2v) is 14.0. The molecule has 0 unspecified atom stereocenters. The monoisotopic (exact) mass is 755 g/mol. The molecule has 11 heteroatoms. The summed E-state index contributed by atoms with van der Waals surface area (Å²) >= 11 is 1.48. The summed E-state index contributed by atoms with van der Waals surface area (Å²) in [5.74, 6) is 0.689. The molecule has 1 aromatic heterocycles. The van der Waals surface area contributed by atoms with Gasteiger partial charge in [-0.15, -0.1) is 0 Å². The van der Waals surface area contributed by atoms with Crippen molar-refractivity contribution in [3.8, 4) is 22.6 Å². The maximum absolute atomic E-state index is 13.2. The number of anilines is 1. The number of urea groups is 1. The van der Waals surface area contributed by atoms with E-state index in [1.807, 2.05) is 127 Å². The summed E-state index contributed by atoms with van der Waals surface area (Å²) in [5.41, 5.74) is 6.51. The van der Waals surface area contributed by atoms with Gasteiger partial charge in [0.15, 0.2) is 12.1 Å². The van der Waals surface area contributed by atoms with Crippen LogP contribution in [0.15, 0.2) is 149 Å². The van der Waals surface area contributed by atoms with E-state index in [0.29, 0.717) is 34.4 Å². The first-order chi connectivity index (χ1) is 26.9. The van der Waals surface area contributed by atoms with Crippen LogP contribution < -0.4 is 10.6 Å². The van der Waals surface area contributed by atoms with Crippen molar-refractivity contribution in [2.75, 3.05) is 18.2 Å². The molecule has 3 N–H and O–H groups in total. The van der Waals surface area contributed by atoms with E-state index in [0.717, 1.165) is 33.5 Å². The lowest BCUT2D eigenvalue weighted by Gasteiger charge is -2.36. The molecule has 0 spiro atoms. The number of rotatable bonds is 13. The van der Waals surface area contributed by atoms with Crippen molar-refractivity contribution in [3.63, 3.8) is 0 Å². The van der Waals surface area contributed by atoms with Crippen LogP contribution in [0.4, 0.5) is 10.5 Å². The molecular weight excluding hydrogens is 715 g/mol. The summed E-state index contributed by atoms with van der Waals surface area (Å²) in [5, 5.41) is 15.8. The Hall–Kier alpha value is -5.72. The highest BCUT2D eigenvalue weighted by atomic mass is 32.2. The van der Waals surface area contributed by atoms with Crippen molar-refractivity contribution in [1.29, 1.82) is 0 Å². The van der Waals surface area contributed by atoms with Crippen LogP contribution in [0.25, 0.3) is 22.6 Å². The lowest BCUT2D eigenvalue weighted by atomic mass is 10.0. The number of benzene rings is 5. The minimum atomic E-state index is -0.881. The highest BCUT2D eigenvalue weighted by molar-refractivity contribution is 7.99. The van der Waals surface area contributed by atoms with Crippen LogP contribution in [-0.4, -0.2) is 47.1 Å². The van der Waals surface area contributed by atoms with Crippen LogP contribution in [0.5, 0.6) is 0 Å². The standard InChI is InChI=1S/C44H41N3O7S/c1-51-41(49)37(24-29-12-5-2-6-13-29)46-43(50)45-35-19-11-18-34(25-35)42-52-36(26-38(53-42)31-22-20-30(27-48)21-23-31)28-55-44-47-39(32-14-7-3-8-15-32)40(54-44)33-16-9-4-10-17-33/h2-23,25,36-38,42,48H,24,26-28H2,1H3,(H2,45,46,50)/t36-,37+,38+,42+/m1/s1. The fraction of sp³-hybridized carbons (Fsp3) is 0.205. The highest BCUT2D eigenvalue weighted by Gasteiger charge is 2.33. The number of carbonyl (C=O) groups excluding carboxylic acids is 2. The van der Waals surface area contributed by atoms with Gasteiger partial charge in [-0.1, -0.05) is 139 Å². The third kappa shape index (κ3) is 9.69. The number of aromatic nitrogens is 1. The Balaban J connectivity index is 1.09. The first kappa shape index (κ1) is 37.6. The van der Waals surface area contributed by atoms with Crippen molar-refractivity contribution in [2.45, 2.75) is 49.2 Å². The predicted octanol–water partition coefficient (Wildman–Crippen LogP) is 8.74. The molecule has 0 bridgehead atoms. The van der Waals surface area contributed by atoms with Gasteiger partial charge >= 0.3 is 12.0 Å². The summed E-state index contributed by atoms with van der Waals surface area (Å²) in [4.78, 5) is 30.6. The summed E-state index contributed by atoms with van der Waals surface area (Å²) in [6, 6.07) is 42.8. The number of esters is 1. The first-order valence-electron chi connectivity index (χ1n) is 18.0. The summed E-state index contributed by atoms with van der Waals surface area (Å²) in [7, 11) is 1.29. The molecule has 7 rings (SSSR count). The number of carbonyl (C=O) groups is 2. The average Bonchev–Trinajstić information content (AvgIpc) is 3.68. The van der Waals surface area contributed by atoms with Crippen LogP contribution in [0.3, 0.4) is 0 Å². The van der Waals surface area contributed by atoms with Gasteiger partial charge in [0.1, 0.15) is 11.7 Å². The summed E-state index contributed by atoms with van der Waals surface area (Å²) in [6.07, 6.45) is -0.509. The quantitative estimate of drug-likeness (QED) is 0.0782. The van der Waals surface area contributed by atoms with Crippen LogP contribution >= 0.6 is 11.8 Å². The summed E-state index contributed by atoms with van der Waals surface area (Å²) < 4.78 is 24.5. The largest absolute Gasteiger partial charge is 0.467 e. The molecule has 1 saturated heterocycles. The number of hydrogen-bond acceptors (Lipinski definition) is 9. The molecule has 0 saturated carbocycles. The van der Waals surface area contributed by atoms with Crippen molar-refractivity contribution < 1.29 is 33.3 Å². The SMILES string of the molecule is COC(=O)[C@H](Cc1ccccc1)NC(=O)Nc1cccc([C@H]2O[C@@H](CSc3nc(-c4ccccc4)c(-c4ccccc4)o3)C[C@@H](c3ccc(CO)cc3)O2)c1. The van der Waals surface area contributed by atoms with Crippen molar-refractivity contribution in [1.82, 2.24) is 10.3 Å². The second-order valence-electron chi connectivity index (χ2n) is 13.0. The van der Waals surface area contributed by atoms with E-state index in [1.54, 1.807) is 12.1 Å². The zero-order valence-corrected chi connectivity index (χ0v) is 31.0. The maximum Gasteiger partial charge on any atom is 0.328 e. The van der Waals surface area contributed by atoms with Gasteiger partial charge in [-0.3, -0.25) is 0 Å². The van der Waals surface area contributed by atoms with E-state index in [1.165, 1.54) is 18.9 Å². The zero-order chi connectivity index (χ0) is 38.0. The number of ether oxygens (including phenoxy) is 3. The van der Waals surface area contributed by atoms with Gasteiger partial charge in [-0.05, 0) is 28.8 Å². The molecule has 10 nitrogen and oxygen atoms in total. The molecule has 2 amide bonds. The van der Waals surface area contributed by atoms with Crippen LogP contribution in [0, 0.1) is 0 Å². The van der Waals surface area contributed by atoms with Gasteiger partial charge in [0.25, 0.3) is 5.22 Å². The summed E-state index contributed by atoms with van der Waals surface area (Å²) in [6.45, 7) is -0.0527. The number of thioether (sulfide) groups is 1. The van der Waals surface area contributed by atoms with Gasteiger partial charge < -0.3 is 34.4 Å². The molecule has 0 aliphatic carbocycles. The molecule has 1 aliphatic rings. The normalized spacial score (nSPS) is 17.2. The number of nitrogens with zero attached hydrogens (tertiary/aromatic N) is 1. The van der Waals surface area contributed by atoms with Gasteiger partial charge in [-0.2, -0.15) is 0 Å². The minimum Gasteiger partial charge on any atom is -0.467 e. The van der Waals surface area contributed by atoms with Gasteiger partial charge in [0.2, 0.25) is 0 Å². The smallest absolute Gasteiger partial charge is 0.328 e. The van der Waals surface area contributed by atoms with Crippen molar-refractivity contribution in [3.05, 3.63) is 162 Å². The van der Waals surface area contributed by atoms with Gasteiger partial charge in [0.05, 0.1) is 25.9 Å². The average molecular weight is 756 g/mol. The van der Waals surface area contributed by atoms with E-state index in [2.05, 4.69) is 10.6 Å². The molecule has 55 heavy (non-hydrogen) atoms. The van der Waals surface area contributed by atoms with Crippen molar-refractivity contribution >= 4 is 29.4 Å². The Morgan fingerprint density at radius 3 is 2.20 bits per heavy atom. The molecule has 1 aliphatic heterocycles. The Morgan fingerprint density at radius 2 is 1.51 bits per heavy atom. The first-order valence-corrected chi connectivity index (χ1v) is 19.0.